The number of rotatable bonds is 5. The Bertz CT molecular complexity index is 1460. The lowest BCUT2D eigenvalue weighted by molar-refractivity contribution is 0.102. The van der Waals surface area contributed by atoms with Crippen molar-refractivity contribution >= 4 is 33.7 Å². The number of carbonyl (C=O) groups excluding carboxylic acids is 1. The maximum absolute atomic E-state index is 13.3. The molecule has 4 rings (SSSR count). The Morgan fingerprint density at radius 1 is 1.12 bits per heavy atom. The van der Waals surface area contributed by atoms with Gasteiger partial charge in [-0.3, -0.25) is 19.1 Å². The van der Waals surface area contributed by atoms with Crippen LogP contribution in [0.2, 0.25) is 0 Å². The number of amides is 1. The molecular weight excluding hydrogens is 410 g/mol. The van der Waals surface area contributed by atoms with Gasteiger partial charge in [-0.25, -0.2) is 19.4 Å². The third-order valence-corrected chi connectivity index (χ3v) is 5.30. The third-order valence-electron chi connectivity index (χ3n) is 5.30. The van der Waals surface area contributed by atoms with Crippen LogP contribution in [-0.4, -0.2) is 35.2 Å². The van der Waals surface area contributed by atoms with Crippen LogP contribution in [0.1, 0.15) is 62.6 Å². The lowest BCUT2D eigenvalue weighted by atomic mass is 10.0. The van der Waals surface area contributed by atoms with Crippen molar-refractivity contribution in [2.75, 3.05) is 5.32 Å². The van der Waals surface area contributed by atoms with Crippen LogP contribution < -0.4 is 16.6 Å². The number of carbonyl (C=O) groups is 1. The fourth-order valence-electron chi connectivity index (χ4n) is 3.65. The van der Waals surface area contributed by atoms with Gasteiger partial charge in [0.2, 0.25) is 0 Å². The molecule has 0 unspecified atom stereocenters. The van der Waals surface area contributed by atoms with Crippen LogP contribution in [0.4, 0.5) is 5.69 Å². The molecule has 0 aliphatic rings. The molecule has 0 spiro atoms. The number of nitrogens with zero attached hydrogens (tertiary/aromatic N) is 5. The smallest absolute Gasteiger partial charge is 0.321 e. The Labute approximate surface area is 183 Å². The van der Waals surface area contributed by atoms with E-state index in [0.717, 1.165) is 11.0 Å². The van der Waals surface area contributed by atoms with Crippen LogP contribution in [0.3, 0.4) is 0 Å². The van der Waals surface area contributed by atoms with Crippen molar-refractivity contribution in [3.8, 4) is 0 Å². The minimum absolute atomic E-state index is 0.00876. The number of hydrogen-bond donors (Lipinski definition) is 2. The highest BCUT2D eigenvalue weighted by molar-refractivity contribution is 6.12. The van der Waals surface area contributed by atoms with E-state index in [1.165, 1.54) is 4.57 Å². The molecule has 4 aromatic heterocycles. The quantitative estimate of drug-likeness (QED) is 0.496. The molecule has 0 atom stereocenters. The van der Waals surface area contributed by atoms with Crippen molar-refractivity contribution in [3.05, 3.63) is 56.6 Å². The van der Waals surface area contributed by atoms with Gasteiger partial charge in [0.1, 0.15) is 0 Å². The standard InChI is InChI=1S/C22H25N7O3/c1-6-28-19-17(21(31)27-22(28)32)15(8-16(26-19)11(2)3)20(30)25-14-7-13-9-24-29(12(4)5)18(13)23-10-14/h7-12H,6H2,1-5H3,(H,25,30)(H,27,31,32). The number of aromatic amines is 1. The summed E-state index contributed by atoms with van der Waals surface area (Å²) < 4.78 is 3.16. The minimum Gasteiger partial charge on any atom is -0.321 e. The zero-order valence-corrected chi connectivity index (χ0v) is 18.6. The van der Waals surface area contributed by atoms with Crippen molar-refractivity contribution in [2.24, 2.45) is 0 Å². The lowest BCUT2D eigenvalue weighted by Crippen LogP contribution is -2.32. The second kappa shape index (κ2) is 8.03. The molecule has 10 nitrogen and oxygen atoms in total. The first kappa shape index (κ1) is 21.4. The predicted molar refractivity (Wildman–Crippen MR) is 122 cm³/mol. The predicted octanol–water partition coefficient (Wildman–Crippen LogP) is 2.81. The average Bonchev–Trinajstić information content (AvgIpc) is 3.16. The van der Waals surface area contributed by atoms with Gasteiger partial charge in [0, 0.05) is 23.7 Å². The summed E-state index contributed by atoms with van der Waals surface area (Å²) in [6.45, 7) is 9.97. The largest absolute Gasteiger partial charge is 0.329 e. The Morgan fingerprint density at radius 2 is 1.88 bits per heavy atom. The van der Waals surface area contributed by atoms with E-state index >= 15 is 0 Å². The van der Waals surface area contributed by atoms with E-state index in [1.807, 2.05) is 27.7 Å². The van der Waals surface area contributed by atoms with Crippen molar-refractivity contribution in [1.82, 2.24) is 29.3 Å². The molecule has 0 fully saturated rings. The topological polar surface area (TPSA) is 128 Å². The van der Waals surface area contributed by atoms with E-state index in [2.05, 4.69) is 25.4 Å². The van der Waals surface area contributed by atoms with Gasteiger partial charge in [0.05, 0.1) is 29.0 Å². The number of H-pyrrole nitrogens is 1. The number of pyridine rings is 2. The maximum atomic E-state index is 13.3. The van der Waals surface area contributed by atoms with Crippen LogP contribution in [0.25, 0.3) is 22.1 Å². The zero-order chi connectivity index (χ0) is 23.2. The van der Waals surface area contributed by atoms with Crippen LogP contribution in [0.5, 0.6) is 0 Å². The number of anilines is 1. The SMILES string of the molecule is CCn1c(=O)[nH]c(=O)c2c(C(=O)Nc3cnc4c(cnn4C(C)C)c3)cc(C(C)C)nc21. The molecule has 166 valence electrons. The fourth-order valence-corrected chi connectivity index (χ4v) is 3.65. The summed E-state index contributed by atoms with van der Waals surface area (Å²) in [6.07, 6.45) is 3.25. The van der Waals surface area contributed by atoms with E-state index in [4.69, 9.17) is 0 Å². The van der Waals surface area contributed by atoms with Gasteiger partial charge in [-0.1, -0.05) is 13.8 Å². The molecule has 2 N–H and O–H groups in total. The summed E-state index contributed by atoms with van der Waals surface area (Å²) in [4.78, 5) is 49.4. The molecule has 0 aliphatic carbocycles. The van der Waals surface area contributed by atoms with Gasteiger partial charge in [-0.15, -0.1) is 0 Å². The fraction of sp³-hybridized carbons (Fsp3) is 0.364. The molecule has 0 saturated carbocycles. The molecule has 32 heavy (non-hydrogen) atoms. The normalized spacial score (nSPS) is 11.7. The summed E-state index contributed by atoms with van der Waals surface area (Å²) in [7, 11) is 0. The first-order chi connectivity index (χ1) is 15.2. The first-order valence-corrected chi connectivity index (χ1v) is 10.5. The lowest BCUT2D eigenvalue weighted by Gasteiger charge is -2.14. The first-order valence-electron chi connectivity index (χ1n) is 10.5. The number of aromatic nitrogens is 6. The summed E-state index contributed by atoms with van der Waals surface area (Å²) >= 11 is 0. The van der Waals surface area contributed by atoms with E-state index < -0.39 is 17.2 Å². The van der Waals surface area contributed by atoms with Crippen LogP contribution in [0, 0.1) is 0 Å². The van der Waals surface area contributed by atoms with E-state index in [9.17, 15) is 14.4 Å². The van der Waals surface area contributed by atoms with E-state index in [0.29, 0.717) is 17.9 Å². The number of nitrogens with one attached hydrogen (secondary N) is 2. The van der Waals surface area contributed by atoms with Gasteiger partial charge in [0.15, 0.2) is 11.3 Å². The molecule has 0 bridgehead atoms. The van der Waals surface area contributed by atoms with Gasteiger partial charge in [0.25, 0.3) is 11.5 Å². The van der Waals surface area contributed by atoms with Crippen molar-refractivity contribution in [3.63, 3.8) is 0 Å². The van der Waals surface area contributed by atoms with Crippen molar-refractivity contribution in [2.45, 2.75) is 53.1 Å². The molecule has 4 heterocycles. The Hall–Kier alpha value is -3.82. The van der Waals surface area contributed by atoms with Gasteiger partial charge >= 0.3 is 5.69 Å². The highest BCUT2D eigenvalue weighted by Crippen LogP contribution is 2.23. The molecule has 0 radical (unpaired) electrons. The van der Waals surface area contributed by atoms with Gasteiger partial charge in [-0.2, -0.15) is 5.10 Å². The zero-order valence-electron chi connectivity index (χ0n) is 18.6. The molecule has 4 aromatic rings. The number of hydrogen-bond acceptors (Lipinski definition) is 6. The van der Waals surface area contributed by atoms with Gasteiger partial charge in [-0.05, 0) is 38.8 Å². The summed E-state index contributed by atoms with van der Waals surface area (Å²) in [5, 5.41) is 8.03. The van der Waals surface area contributed by atoms with Crippen molar-refractivity contribution in [1.29, 1.82) is 0 Å². The number of fused-ring (bicyclic) bond motifs is 2. The van der Waals surface area contributed by atoms with Crippen LogP contribution in [0.15, 0.2) is 34.1 Å². The Morgan fingerprint density at radius 3 is 2.53 bits per heavy atom. The van der Waals surface area contributed by atoms with Gasteiger partial charge < -0.3 is 5.32 Å². The monoisotopic (exact) mass is 435 g/mol. The molecule has 1 amide bonds. The molecule has 0 aliphatic heterocycles. The second-order valence-electron chi connectivity index (χ2n) is 8.23. The van der Waals surface area contributed by atoms with Crippen LogP contribution >= 0.6 is 0 Å². The second-order valence-corrected chi connectivity index (χ2v) is 8.23. The van der Waals surface area contributed by atoms with E-state index in [-0.39, 0.29) is 28.6 Å². The molecular formula is C22H25N7O3. The molecule has 0 saturated heterocycles. The Balaban J connectivity index is 1.84. The van der Waals surface area contributed by atoms with Crippen molar-refractivity contribution < 1.29 is 4.79 Å². The van der Waals surface area contributed by atoms with E-state index in [1.54, 1.807) is 36.1 Å². The Kier molecular flexibility index (Phi) is 5.37. The molecule has 0 aromatic carbocycles. The summed E-state index contributed by atoms with van der Waals surface area (Å²) in [5.74, 6) is -0.492. The maximum Gasteiger partial charge on any atom is 0.329 e. The number of aryl methyl sites for hydroxylation is 1. The average molecular weight is 435 g/mol. The summed E-state index contributed by atoms with van der Waals surface area (Å²) in [5.41, 5.74) is 0.960. The highest BCUT2D eigenvalue weighted by Gasteiger charge is 2.20. The molecule has 10 heteroatoms. The minimum atomic E-state index is -0.644. The third kappa shape index (κ3) is 3.57. The highest BCUT2D eigenvalue weighted by atomic mass is 16.2. The van der Waals surface area contributed by atoms with Crippen LogP contribution in [-0.2, 0) is 6.54 Å². The summed E-state index contributed by atoms with van der Waals surface area (Å²) in [6, 6.07) is 3.54.